The van der Waals surface area contributed by atoms with E-state index in [0.29, 0.717) is 19.4 Å². The maximum absolute atomic E-state index is 13.5. The molecule has 2 aliphatic carbocycles. The summed E-state index contributed by atoms with van der Waals surface area (Å²) in [4.78, 5) is 39.3. The third kappa shape index (κ3) is 3.12. The molecule has 5 aliphatic heterocycles. The minimum Gasteiger partial charge on any atom is -0.463 e. The Hall–Kier alpha value is -2.37. The average Bonchev–Trinajstić information content (AvgIpc) is 3.81. The van der Waals surface area contributed by atoms with Gasteiger partial charge in [0.2, 0.25) is 0 Å². The summed E-state index contributed by atoms with van der Waals surface area (Å²) in [5, 5.41) is 11.4. The molecule has 5 fully saturated rings. The van der Waals surface area contributed by atoms with Crippen molar-refractivity contribution in [1.82, 2.24) is 0 Å². The third-order valence-corrected chi connectivity index (χ3v) is 10.8. The Morgan fingerprint density at radius 1 is 1.10 bits per heavy atom. The summed E-state index contributed by atoms with van der Waals surface area (Å²) in [7, 11) is 0. The third-order valence-electron chi connectivity index (χ3n) is 10.8. The zero-order valence-corrected chi connectivity index (χ0v) is 22.3. The zero-order valence-electron chi connectivity index (χ0n) is 22.3. The van der Waals surface area contributed by atoms with Gasteiger partial charge in [-0.15, -0.1) is 0 Å². The van der Waals surface area contributed by atoms with E-state index in [1.54, 1.807) is 0 Å². The van der Waals surface area contributed by atoms with Gasteiger partial charge in [0.25, 0.3) is 0 Å². The Morgan fingerprint density at radius 2 is 1.90 bits per heavy atom. The molecule has 10 atom stereocenters. The minimum atomic E-state index is -1.72. The van der Waals surface area contributed by atoms with Crippen LogP contribution in [0.4, 0.5) is 0 Å². The second-order valence-corrected chi connectivity index (χ2v) is 12.4. The number of carbonyl (C=O) groups excluding carboxylic acids is 3. The van der Waals surface area contributed by atoms with Crippen LogP contribution in [0.5, 0.6) is 0 Å². The number of rotatable bonds is 1. The molecule has 1 N–H and O–H groups in total. The number of aliphatic hydroxyl groups is 1. The van der Waals surface area contributed by atoms with E-state index in [1.807, 2.05) is 0 Å². The maximum atomic E-state index is 13.5. The number of fused-ring (bicyclic) bond motifs is 1. The lowest BCUT2D eigenvalue weighted by Crippen LogP contribution is -2.67. The molecule has 0 aromatic rings. The molecule has 0 aromatic carbocycles. The number of epoxide rings is 2. The van der Waals surface area contributed by atoms with Crippen LogP contribution in [-0.2, 0) is 42.8 Å². The van der Waals surface area contributed by atoms with Crippen molar-refractivity contribution in [2.24, 2.45) is 10.8 Å². The largest absolute Gasteiger partial charge is 0.463 e. The number of hydrogen-bond acceptors (Lipinski definition) is 10. The molecule has 10 nitrogen and oxygen atoms in total. The van der Waals surface area contributed by atoms with E-state index in [2.05, 4.69) is 19.9 Å². The van der Waals surface area contributed by atoms with E-state index in [0.717, 1.165) is 6.42 Å². The monoisotopic (exact) mass is 542 g/mol. The van der Waals surface area contributed by atoms with E-state index in [9.17, 15) is 19.5 Å². The molecule has 0 amide bonds. The summed E-state index contributed by atoms with van der Waals surface area (Å²) in [5.41, 5.74) is -3.83. The van der Waals surface area contributed by atoms with E-state index in [-0.39, 0.29) is 31.8 Å². The van der Waals surface area contributed by atoms with Gasteiger partial charge in [-0.05, 0) is 32.8 Å². The van der Waals surface area contributed by atoms with Gasteiger partial charge in [0.05, 0.1) is 30.8 Å². The molecule has 4 saturated heterocycles. The smallest absolute Gasteiger partial charge is 0.338 e. The second-order valence-electron chi connectivity index (χ2n) is 12.4. The number of ether oxygens (including phenoxy) is 6. The van der Waals surface area contributed by atoms with Gasteiger partial charge in [0.15, 0.2) is 17.5 Å². The number of aliphatic hydroxyl groups excluding tert-OH is 1. The fraction of sp³-hybridized carbons (Fsp3) is 0.690. The number of allylic oxidation sites excluding steroid dienone is 3. The molecule has 7 rings (SSSR count). The van der Waals surface area contributed by atoms with Crippen molar-refractivity contribution < 1.29 is 47.9 Å². The van der Waals surface area contributed by atoms with Crippen LogP contribution in [0.3, 0.4) is 0 Å². The van der Waals surface area contributed by atoms with Crippen LogP contribution in [0, 0.1) is 10.8 Å². The van der Waals surface area contributed by atoms with Crippen molar-refractivity contribution in [3.63, 3.8) is 0 Å². The lowest BCUT2D eigenvalue weighted by atomic mass is 9.51. The molecular formula is C29H34O10. The molecule has 39 heavy (non-hydrogen) atoms. The molecule has 0 aromatic heterocycles. The highest BCUT2D eigenvalue weighted by Gasteiger charge is 2.83. The lowest BCUT2D eigenvalue weighted by Gasteiger charge is -2.58. The number of hydrogen-bond donors (Lipinski definition) is 1. The van der Waals surface area contributed by atoms with Crippen molar-refractivity contribution in [2.75, 3.05) is 19.8 Å². The van der Waals surface area contributed by atoms with Crippen LogP contribution >= 0.6 is 0 Å². The first-order valence-electron chi connectivity index (χ1n) is 13.8. The standard InChI is InChI=1S/C29H34O10/c1-16-7-9-26-14-34-23(32)22-28(39-22)10-11-35-27(17(2)30,24(28)33)8-5-4-6-21(31)38-18-13-20(37-19(26)12-16)29(15-36-29)25(18,26)3/h4-6,8,12,18-20,22,24,33H,7,9-11,13-15H2,1-3H3/b6-4-,8-5+/t18-,19-,20-,22?,24?,25-,26-,27?,28?,29?/m1/s1. The van der Waals surface area contributed by atoms with Gasteiger partial charge in [0, 0.05) is 24.3 Å². The molecule has 5 heterocycles. The summed E-state index contributed by atoms with van der Waals surface area (Å²) in [6.45, 7) is 6.05. The summed E-state index contributed by atoms with van der Waals surface area (Å²) >= 11 is 0. The van der Waals surface area contributed by atoms with Crippen LogP contribution in [0.15, 0.2) is 36.0 Å². The van der Waals surface area contributed by atoms with Crippen LogP contribution in [0.2, 0.25) is 0 Å². The highest BCUT2D eigenvalue weighted by atomic mass is 16.7. The Bertz CT molecular complexity index is 1230. The predicted octanol–water partition coefficient (Wildman–Crippen LogP) is 1.49. The van der Waals surface area contributed by atoms with Crippen LogP contribution in [0.1, 0.15) is 46.5 Å². The number of esters is 2. The molecule has 1 saturated carbocycles. The quantitative estimate of drug-likeness (QED) is 0.295. The molecule has 0 radical (unpaired) electrons. The summed E-state index contributed by atoms with van der Waals surface area (Å²) in [5.74, 6) is -1.59. The Balaban J connectivity index is 1.31. The van der Waals surface area contributed by atoms with E-state index >= 15 is 0 Å². The van der Waals surface area contributed by atoms with E-state index in [4.69, 9.17) is 28.4 Å². The van der Waals surface area contributed by atoms with Crippen molar-refractivity contribution in [3.05, 3.63) is 36.0 Å². The first kappa shape index (κ1) is 25.6. The van der Waals surface area contributed by atoms with Crippen molar-refractivity contribution in [3.8, 4) is 0 Å². The Kier molecular flexibility index (Phi) is 5.31. The number of cyclic esters (lactones) is 1. The summed E-state index contributed by atoms with van der Waals surface area (Å²) in [6.07, 6.45) is 6.29. The van der Waals surface area contributed by atoms with Gasteiger partial charge in [-0.3, -0.25) is 4.79 Å². The van der Waals surface area contributed by atoms with E-state index < -0.39 is 63.7 Å². The normalized spacial score (nSPS) is 53.4. The zero-order chi connectivity index (χ0) is 27.4. The topological polar surface area (TPSA) is 133 Å². The van der Waals surface area contributed by atoms with Gasteiger partial charge in [-0.2, -0.15) is 0 Å². The predicted molar refractivity (Wildman–Crippen MR) is 132 cm³/mol. The van der Waals surface area contributed by atoms with Gasteiger partial charge in [-0.1, -0.05) is 30.7 Å². The highest BCUT2D eigenvalue weighted by Crippen LogP contribution is 2.72. The number of ketones is 1. The van der Waals surface area contributed by atoms with Gasteiger partial charge in [-0.25, -0.2) is 9.59 Å². The van der Waals surface area contributed by atoms with E-state index in [1.165, 1.54) is 36.8 Å². The van der Waals surface area contributed by atoms with Crippen LogP contribution < -0.4 is 0 Å². The number of carbonyl (C=O) groups is 3. The van der Waals surface area contributed by atoms with Crippen LogP contribution in [-0.4, -0.2) is 90.0 Å². The molecule has 5 unspecified atom stereocenters. The fourth-order valence-electron chi connectivity index (χ4n) is 8.26. The molecular weight excluding hydrogens is 508 g/mol. The SMILES string of the molecule is CC(=O)C12/C=C/C=C\C(=O)O[C@@H]3C[C@H]4O[C@@H]5C=C(C)CC[C@]5(COC(=O)C5OC5(CCO1)C2O)[C@]3(C)C41CO1. The van der Waals surface area contributed by atoms with Crippen LogP contribution in [0.25, 0.3) is 0 Å². The van der Waals surface area contributed by atoms with Crippen molar-refractivity contribution in [2.45, 2.75) is 93.8 Å². The maximum Gasteiger partial charge on any atom is 0.338 e. The first-order chi connectivity index (χ1) is 18.5. The molecule has 4 bridgehead atoms. The van der Waals surface area contributed by atoms with Crippen molar-refractivity contribution in [1.29, 1.82) is 0 Å². The second kappa shape index (κ2) is 8.10. The molecule has 3 spiro atoms. The minimum absolute atomic E-state index is 0.0127. The summed E-state index contributed by atoms with van der Waals surface area (Å²) < 4.78 is 36.5. The Morgan fingerprint density at radius 3 is 2.64 bits per heavy atom. The van der Waals surface area contributed by atoms with Crippen molar-refractivity contribution >= 4 is 17.7 Å². The lowest BCUT2D eigenvalue weighted by molar-refractivity contribution is -0.233. The summed E-state index contributed by atoms with van der Waals surface area (Å²) in [6, 6.07) is 0. The van der Waals surface area contributed by atoms with Gasteiger partial charge >= 0.3 is 11.9 Å². The molecule has 210 valence electrons. The average molecular weight is 543 g/mol. The number of Topliss-reactive ketones (excluding diaryl/α,β-unsaturated/α-hetero) is 1. The first-order valence-corrected chi connectivity index (χ1v) is 13.8. The fourth-order valence-corrected chi connectivity index (χ4v) is 8.26. The molecule has 7 aliphatic rings. The molecule has 10 heteroatoms. The van der Waals surface area contributed by atoms with Gasteiger partial charge in [0.1, 0.15) is 30.0 Å². The Labute approximate surface area is 226 Å². The highest BCUT2D eigenvalue weighted by molar-refractivity contribution is 5.90. The van der Waals surface area contributed by atoms with Gasteiger partial charge < -0.3 is 33.5 Å².